The first kappa shape index (κ1) is 20.3. The molecule has 1 atom stereocenters. The number of aromatic nitrogens is 3. The number of rotatable bonds is 7. The fourth-order valence-electron chi connectivity index (χ4n) is 3.09. The fraction of sp³-hybridized carbons (Fsp3) is 0.529. The second-order valence-corrected chi connectivity index (χ2v) is 7.57. The number of likely N-dealkylation sites (tertiary alicyclic amines) is 1. The van der Waals surface area contributed by atoms with Crippen molar-refractivity contribution in [2.75, 3.05) is 26.8 Å². The van der Waals surface area contributed by atoms with Gasteiger partial charge in [-0.05, 0) is 23.9 Å². The van der Waals surface area contributed by atoms with Crippen LogP contribution in [0.2, 0.25) is 0 Å². The Labute approximate surface area is 164 Å². The van der Waals surface area contributed by atoms with Crippen LogP contribution in [0.25, 0.3) is 0 Å². The number of halogens is 2. The van der Waals surface area contributed by atoms with Crippen molar-refractivity contribution in [3.8, 4) is 0 Å². The lowest BCUT2D eigenvalue weighted by atomic mass is 10.2. The van der Waals surface area contributed by atoms with Gasteiger partial charge in [0.2, 0.25) is 0 Å². The highest BCUT2D eigenvalue weighted by Crippen LogP contribution is 2.34. The van der Waals surface area contributed by atoms with Crippen LogP contribution in [0, 0.1) is 6.92 Å². The Kier molecular flexibility index (Phi) is 6.04. The van der Waals surface area contributed by atoms with Gasteiger partial charge in [-0.15, -0.1) is 16.4 Å². The lowest BCUT2D eigenvalue weighted by Crippen LogP contribution is -2.38. The molecule has 1 saturated heterocycles. The van der Waals surface area contributed by atoms with Gasteiger partial charge in [-0.1, -0.05) is 5.21 Å². The number of carbonyl (C=O) groups is 2. The minimum absolute atomic E-state index is 0.0318. The second kappa shape index (κ2) is 8.31. The van der Waals surface area contributed by atoms with Crippen molar-refractivity contribution in [3.63, 3.8) is 0 Å². The molecule has 3 heterocycles. The maximum Gasteiger partial charge on any atom is 0.273 e. The molecule has 2 aromatic heterocycles. The molecule has 8 nitrogen and oxygen atoms in total. The number of hydrogen-bond donors (Lipinski definition) is 1. The van der Waals surface area contributed by atoms with E-state index in [1.165, 1.54) is 34.2 Å². The number of ether oxygens (including phenoxy) is 1. The van der Waals surface area contributed by atoms with Gasteiger partial charge in [0.05, 0.1) is 36.8 Å². The summed E-state index contributed by atoms with van der Waals surface area (Å²) in [7, 11) is 1.52. The van der Waals surface area contributed by atoms with Gasteiger partial charge in [-0.25, -0.2) is 13.5 Å². The molecule has 3 rings (SSSR count). The minimum atomic E-state index is -2.97. The summed E-state index contributed by atoms with van der Waals surface area (Å²) in [5.74, 6) is -3.80. The highest BCUT2D eigenvalue weighted by atomic mass is 32.1. The molecule has 1 aliphatic rings. The molecule has 0 aliphatic carbocycles. The van der Waals surface area contributed by atoms with Gasteiger partial charge < -0.3 is 15.0 Å². The van der Waals surface area contributed by atoms with Crippen molar-refractivity contribution < 1.29 is 23.1 Å². The Morgan fingerprint density at radius 3 is 2.93 bits per heavy atom. The molecule has 0 spiro atoms. The third kappa shape index (κ3) is 4.53. The van der Waals surface area contributed by atoms with Gasteiger partial charge in [0.15, 0.2) is 5.69 Å². The van der Waals surface area contributed by atoms with Crippen molar-refractivity contribution in [2.45, 2.75) is 31.9 Å². The zero-order valence-corrected chi connectivity index (χ0v) is 16.3. The van der Waals surface area contributed by atoms with E-state index in [9.17, 15) is 18.4 Å². The summed E-state index contributed by atoms with van der Waals surface area (Å²) in [6.45, 7) is 1.85. The van der Waals surface area contributed by atoms with Gasteiger partial charge in [-0.3, -0.25) is 9.59 Å². The Morgan fingerprint density at radius 1 is 1.46 bits per heavy atom. The summed E-state index contributed by atoms with van der Waals surface area (Å²) in [5.41, 5.74) is 0.840. The normalized spacial score (nSPS) is 18.4. The van der Waals surface area contributed by atoms with Gasteiger partial charge in [-0.2, -0.15) is 0 Å². The number of thiophene rings is 1. The minimum Gasteiger partial charge on any atom is -0.383 e. The molecule has 0 radical (unpaired) electrons. The number of aryl methyl sites for hydroxylation is 1. The lowest BCUT2D eigenvalue weighted by Gasteiger charge is -2.23. The van der Waals surface area contributed by atoms with Crippen LogP contribution < -0.4 is 5.32 Å². The first-order valence-electron chi connectivity index (χ1n) is 8.71. The average Bonchev–Trinajstić information content (AvgIpc) is 3.34. The van der Waals surface area contributed by atoms with Crippen LogP contribution in [-0.4, -0.2) is 70.5 Å². The first-order chi connectivity index (χ1) is 13.3. The standard InChI is InChI=1S/C17H21F2N5O3S/c1-11-3-6-28-14(11)16(26)24-10-17(18,19)7-12(24)8-23-9-13(21-22-23)15(25)20-4-5-27-2/h3,6,9,12H,4-5,7-8,10H2,1-2H3,(H,20,25)/t12-/m0/s1. The van der Waals surface area contributed by atoms with Gasteiger partial charge >= 0.3 is 0 Å². The first-order valence-corrected chi connectivity index (χ1v) is 9.59. The van der Waals surface area contributed by atoms with Gasteiger partial charge in [0.1, 0.15) is 0 Å². The lowest BCUT2D eigenvalue weighted by molar-refractivity contribution is 0.0118. The summed E-state index contributed by atoms with van der Waals surface area (Å²) >= 11 is 1.24. The van der Waals surface area contributed by atoms with Crippen LogP contribution in [0.4, 0.5) is 8.78 Å². The second-order valence-electron chi connectivity index (χ2n) is 6.65. The van der Waals surface area contributed by atoms with Gasteiger partial charge in [0, 0.05) is 20.1 Å². The molecule has 1 fully saturated rings. The Bertz CT molecular complexity index is 853. The molecular weight excluding hydrogens is 392 g/mol. The van der Waals surface area contributed by atoms with E-state index in [0.29, 0.717) is 18.0 Å². The van der Waals surface area contributed by atoms with Crippen LogP contribution in [0.3, 0.4) is 0 Å². The average molecular weight is 413 g/mol. The van der Waals surface area contributed by atoms with Gasteiger partial charge in [0.25, 0.3) is 17.7 Å². The molecule has 0 saturated carbocycles. The number of nitrogens with zero attached hydrogens (tertiary/aromatic N) is 4. The molecule has 152 valence electrons. The summed E-state index contributed by atoms with van der Waals surface area (Å²) < 4.78 is 34.3. The summed E-state index contributed by atoms with van der Waals surface area (Å²) in [5, 5.41) is 12.0. The van der Waals surface area contributed by atoms with Crippen molar-refractivity contribution in [3.05, 3.63) is 33.8 Å². The van der Waals surface area contributed by atoms with Crippen LogP contribution in [0.5, 0.6) is 0 Å². The zero-order chi connectivity index (χ0) is 20.3. The topological polar surface area (TPSA) is 89.4 Å². The number of carbonyl (C=O) groups excluding carboxylic acids is 2. The fourth-order valence-corrected chi connectivity index (χ4v) is 3.97. The number of methoxy groups -OCH3 is 1. The van der Waals surface area contributed by atoms with E-state index >= 15 is 0 Å². The van der Waals surface area contributed by atoms with E-state index in [2.05, 4.69) is 15.6 Å². The smallest absolute Gasteiger partial charge is 0.273 e. The third-order valence-electron chi connectivity index (χ3n) is 4.45. The van der Waals surface area contributed by atoms with Crippen LogP contribution in [0.15, 0.2) is 17.6 Å². The summed E-state index contributed by atoms with van der Waals surface area (Å²) in [6.07, 6.45) is 0.927. The van der Waals surface area contributed by atoms with E-state index < -0.39 is 36.7 Å². The third-order valence-corrected chi connectivity index (χ3v) is 5.46. The van der Waals surface area contributed by atoms with E-state index in [0.717, 1.165) is 5.56 Å². The SMILES string of the molecule is COCCNC(=O)c1cn(C[C@@H]2CC(F)(F)CN2C(=O)c2sccc2C)nn1. The van der Waals surface area contributed by atoms with Crippen LogP contribution in [0.1, 0.15) is 32.1 Å². The number of hydrogen-bond acceptors (Lipinski definition) is 6. The molecule has 1 aliphatic heterocycles. The quantitative estimate of drug-likeness (QED) is 0.696. The molecule has 0 aromatic carbocycles. The monoisotopic (exact) mass is 413 g/mol. The van der Waals surface area contributed by atoms with Crippen molar-refractivity contribution in [1.82, 2.24) is 25.2 Å². The maximum absolute atomic E-state index is 14.0. The molecule has 0 unspecified atom stereocenters. The highest BCUT2D eigenvalue weighted by molar-refractivity contribution is 7.12. The molecule has 28 heavy (non-hydrogen) atoms. The molecular formula is C17H21F2N5O3S. The van der Waals surface area contributed by atoms with Crippen molar-refractivity contribution in [1.29, 1.82) is 0 Å². The van der Waals surface area contributed by atoms with Crippen molar-refractivity contribution in [2.24, 2.45) is 0 Å². The predicted octanol–water partition coefficient (Wildman–Crippen LogP) is 1.57. The molecule has 0 bridgehead atoms. The predicted molar refractivity (Wildman–Crippen MR) is 97.7 cm³/mol. The molecule has 2 aromatic rings. The number of amides is 2. The molecule has 1 N–H and O–H groups in total. The highest BCUT2D eigenvalue weighted by Gasteiger charge is 2.47. The zero-order valence-electron chi connectivity index (χ0n) is 15.5. The van der Waals surface area contributed by atoms with Crippen LogP contribution >= 0.6 is 11.3 Å². The molecule has 2 amide bonds. The Balaban J connectivity index is 1.70. The summed E-state index contributed by atoms with van der Waals surface area (Å²) in [6, 6.07) is 1.04. The largest absolute Gasteiger partial charge is 0.383 e. The van der Waals surface area contributed by atoms with E-state index in [4.69, 9.17) is 4.74 Å². The molecule has 11 heteroatoms. The number of alkyl halides is 2. The Hall–Kier alpha value is -2.40. The number of nitrogens with one attached hydrogen (secondary N) is 1. The maximum atomic E-state index is 14.0. The summed E-state index contributed by atoms with van der Waals surface area (Å²) in [4.78, 5) is 26.4. The van der Waals surface area contributed by atoms with E-state index in [-0.39, 0.29) is 12.2 Å². The Morgan fingerprint density at radius 2 is 2.25 bits per heavy atom. The van der Waals surface area contributed by atoms with E-state index in [1.807, 2.05) is 0 Å². The van der Waals surface area contributed by atoms with Crippen LogP contribution in [-0.2, 0) is 11.3 Å². The van der Waals surface area contributed by atoms with Crippen molar-refractivity contribution >= 4 is 23.2 Å². The van der Waals surface area contributed by atoms with E-state index in [1.54, 1.807) is 18.4 Å².